The van der Waals surface area contributed by atoms with E-state index >= 15 is 0 Å². The maximum absolute atomic E-state index is 11.7. The summed E-state index contributed by atoms with van der Waals surface area (Å²) < 4.78 is 1.88. The number of nitrogens with one attached hydrogen (secondary N) is 1. The first kappa shape index (κ1) is 16.0. The van der Waals surface area contributed by atoms with Crippen LogP contribution >= 0.6 is 0 Å². The highest BCUT2D eigenvalue weighted by Crippen LogP contribution is 2.14. The Morgan fingerprint density at radius 2 is 1.88 bits per heavy atom. The molecular weight excluding hydrogens is 300 g/mol. The Kier molecular flexibility index (Phi) is 5.03. The first-order valence-electron chi connectivity index (χ1n) is 7.85. The van der Waals surface area contributed by atoms with E-state index in [9.17, 15) is 4.79 Å². The molecule has 0 bridgehead atoms. The third-order valence-electron chi connectivity index (χ3n) is 3.82. The summed E-state index contributed by atoms with van der Waals surface area (Å²) in [5, 5.41) is 7.46. The van der Waals surface area contributed by atoms with E-state index in [1.807, 2.05) is 59.4 Å². The van der Waals surface area contributed by atoms with Crippen molar-refractivity contribution in [2.24, 2.45) is 5.73 Å². The van der Waals surface area contributed by atoms with Gasteiger partial charge in [-0.15, -0.1) is 0 Å². The van der Waals surface area contributed by atoms with Gasteiger partial charge in [-0.25, -0.2) is 0 Å². The number of carbonyl (C=O) groups excluding carboxylic acids is 1. The molecular formula is C19H20N4O. The van der Waals surface area contributed by atoms with E-state index < -0.39 is 6.04 Å². The van der Waals surface area contributed by atoms with Gasteiger partial charge in [0.1, 0.15) is 6.04 Å². The highest BCUT2D eigenvalue weighted by molar-refractivity contribution is 5.81. The van der Waals surface area contributed by atoms with Crippen LogP contribution in [0.1, 0.15) is 22.7 Å². The van der Waals surface area contributed by atoms with E-state index in [1.165, 1.54) is 0 Å². The molecule has 0 aliphatic heterocycles. The molecule has 1 aromatic heterocycles. The van der Waals surface area contributed by atoms with Gasteiger partial charge in [-0.1, -0.05) is 54.6 Å². The van der Waals surface area contributed by atoms with Crippen LogP contribution in [0.25, 0.3) is 0 Å². The van der Waals surface area contributed by atoms with Crippen LogP contribution in [0.3, 0.4) is 0 Å². The van der Waals surface area contributed by atoms with Crippen LogP contribution in [-0.2, 0) is 17.9 Å². The van der Waals surface area contributed by atoms with Crippen LogP contribution < -0.4 is 11.1 Å². The Morgan fingerprint density at radius 3 is 2.58 bits per heavy atom. The van der Waals surface area contributed by atoms with E-state index in [4.69, 9.17) is 5.73 Å². The number of primary amides is 1. The van der Waals surface area contributed by atoms with Gasteiger partial charge in [0.25, 0.3) is 0 Å². The van der Waals surface area contributed by atoms with E-state index in [2.05, 4.69) is 22.5 Å². The summed E-state index contributed by atoms with van der Waals surface area (Å²) in [4.78, 5) is 11.7. The molecule has 5 nitrogen and oxygen atoms in total. The lowest BCUT2D eigenvalue weighted by Crippen LogP contribution is -2.33. The quantitative estimate of drug-likeness (QED) is 0.701. The van der Waals surface area contributed by atoms with Crippen LogP contribution in [0.5, 0.6) is 0 Å². The zero-order chi connectivity index (χ0) is 16.8. The van der Waals surface area contributed by atoms with Gasteiger partial charge in [-0.2, -0.15) is 5.10 Å². The van der Waals surface area contributed by atoms with Gasteiger partial charge in [0, 0.05) is 18.9 Å². The molecule has 1 amide bonds. The fourth-order valence-corrected chi connectivity index (χ4v) is 2.67. The summed E-state index contributed by atoms with van der Waals surface area (Å²) in [7, 11) is 0. The van der Waals surface area contributed by atoms with Gasteiger partial charge in [0.05, 0.1) is 6.54 Å². The number of hydrogen-bond donors (Lipinski definition) is 2. The molecule has 0 saturated heterocycles. The number of aromatic nitrogens is 2. The summed E-state index contributed by atoms with van der Waals surface area (Å²) in [5.74, 6) is -0.381. The molecule has 0 saturated carbocycles. The van der Waals surface area contributed by atoms with Crippen LogP contribution in [0, 0.1) is 0 Å². The molecule has 0 radical (unpaired) electrons. The highest BCUT2D eigenvalue weighted by Gasteiger charge is 2.16. The van der Waals surface area contributed by atoms with Crippen LogP contribution in [0.4, 0.5) is 0 Å². The monoisotopic (exact) mass is 320 g/mol. The minimum Gasteiger partial charge on any atom is -0.368 e. The lowest BCUT2D eigenvalue weighted by molar-refractivity contribution is -0.120. The van der Waals surface area contributed by atoms with E-state index in [-0.39, 0.29) is 5.91 Å². The Bertz CT molecular complexity index is 784. The second-order valence-corrected chi connectivity index (χ2v) is 5.65. The van der Waals surface area contributed by atoms with Crippen molar-refractivity contribution in [2.45, 2.75) is 19.1 Å². The van der Waals surface area contributed by atoms with Crippen LogP contribution in [0.15, 0.2) is 73.1 Å². The lowest BCUT2D eigenvalue weighted by Gasteiger charge is -2.16. The average molecular weight is 320 g/mol. The second-order valence-electron chi connectivity index (χ2n) is 5.65. The third-order valence-corrected chi connectivity index (χ3v) is 3.82. The Labute approximate surface area is 141 Å². The number of nitrogens with zero attached hydrogens (tertiary/aromatic N) is 2. The van der Waals surface area contributed by atoms with Crippen molar-refractivity contribution in [2.75, 3.05) is 0 Å². The van der Waals surface area contributed by atoms with Crippen LogP contribution in [-0.4, -0.2) is 15.7 Å². The Morgan fingerprint density at radius 1 is 1.08 bits per heavy atom. The van der Waals surface area contributed by atoms with Gasteiger partial charge < -0.3 is 5.73 Å². The predicted molar refractivity (Wildman–Crippen MR) is 93.0 cm³/mol. The first-order valence-corrected chi connectivity index (χ1v) is 7.85. The van der Waals surface area contributed by atoms with E-state index in [0.717, 1.165) is 23.2 Å². The van der Waals surface area contributed by atoms with Crippen molar-refractivity contribution in [3.8, 4) is 0 Å². The Hall–Kier alpha value is -2.92. The fraction of sp³-hybridized carbons (Fsp3) is 0.158. The fourth-order valence-electron chi connectivity index (χ4n) is 2.67. The molecule has 0 aliphatic carbocycles. The smallest absolute Gasteiger partial charge is 0.239 e. The Balaban J connectivity index is 1.68. The molecule has 3 aromatic rings. The SMILES string of the molecule is NC(=O)[C@@H](NCc1cccc(Cn2cccn2)c1)c1ccccc1. The normalized spacial score (nSPS) is 12.0. The standard InChI is InChI=1S/C19H20N4O/c20-19(24)18(17-8-2-1-3-9-17)21-13-15-6-4-7-16(12-15)14-23-11-5-10-22-23/h1-12,18,21H,13-14H2,(H2,20,24)/t18-/m0/s1. The highest BCUT2D eigenvalue weighted by atomic mass is 16.1. The molecule has 0 unspecified atom stereocenters. The molecule has 1 heterocycles. The molecule has 0 fully saturated rings. The second kappa shape index (κ2) is 7.57. The maximum atomic E-state index is 11.7. The summed E-state index contributed by atoms with van der Waals surface area (Å²) >= 11 is 0. The molecule has 3 rings (SSSR count). The number of hydrogen-bond acceptors (Lipinski definition) is 3. The third kappa shape index (κ3) is 4.08. The number of amides is 1. The largest absolute Gasteiger partial charge is 0.368 e. The molecule has 122 valence electrons. The lowest BCUT2D eigenvalue weighted by atomic mass is 10.1. The number of benzene rings is 2. The molecule has 0 aliphatic rings. The summed E-state index contributed by atoms with van der Waals surface area (Å²) in [6, 6.07) is 19.1. The number of nitrogens with two attached hydrogens (primary N) is 1. The van der Waals surface area contributed by atoms with Gasteiger partial charge in [-0.3, -0.25) is 14.8 Å². The topological polar surface area (TPSA) is 72.9 Å². The molecule has 3 N–H and O–H groups in total. The summed E-state index contributed by atoms with van der Waals surface area (Å²) in [6.07, 6.45) is 3.70. The van der Waals surface area contributed by atoms with E-state index in [0.29, 0.717) is 6.54 Å². The first-order chi connectivity index (χ1) is 11.7. The van der Waals surface area contributed by atoms with Crippen LogP contribution in [0.2, 0.25) is 0 Å². The van der Waals surface area contributed by atoms with Gasteiger partial charge in [0.2, 0.25) is 5.91 Å². The van der Waals surface area contributed by atoms with Gasteiger partial charge >= 0.3 is 0 Å². The van der Waals surface area contributed by atoms with E-state index in [1.54, 1.807) is 6.20 Å². The number of rotatable bonds is 7. The molecule has 24 heavy (non-hydrogen) atoms. The maximum Gasteiger partial charge on any atom is 0.239 e. The zero-order valence-electron chi connectivity index (χ0n) is 13.3. The van der Waals surface area contributed by atoms with Crippen molar-refractivity contribution in [1.82, 2.24) is 15.1 Å². The minimum atomic E-state index is -0.499. The molecule has 5 heteroatoms. The van der Waals surface area contributed by atoms with Crippen molar-refractivity contribution < 1.29 is 4.79 Å². The van der Waals surface area contributed by atoms with Gasteiger partial charge in [-0.05, 0) is 22.8 Å². The zero-order valence-corrected chi connectivity index (χ0v) is 13.3. The number of carbonyl (C=O) groups is 1. The van der Waals surface area contributed by atoms with Crippen molar-refractivity contribution in [3.63, 3.8) is 0 Å². The predicted octanol–water partition coefficient (Wildman–Crippen LogP) is 2.25. The van der Waals surface area contributed by atoms with Crippen molar-refractivity contribution >= 4 is 5.91 Å². The van der Waals surface area contributed by atoms with Crippen molar-refractivity contribution in [1.29, 1.82) is 0 Å². The van der Waals surface area contributed by atoms with Crippen molar-refractivity contribution in [3.05, 3.63) is 89.7 Å². The molecule has 0 spiro atoms. The molecule has 1 atom stereocenters. The summed E-state index contributed by atoms with van der Waals surface area (Å²) in [6.45, 7) is 1.29. The minimum absolute atomic E-state index is 0.381. The summed E-state index contributed by atoms with van der Waals surface area (Å²) in [5.41, 5.74) is 8.67. The van der Waals surface area contributed by atoms with Gasteiger partial charge in [0.15, 0.2) is 0 Å². The molecule has 2 aromatic carbocycles. The average Bonchev–Trinajstić information content (AvgIpc) is 3.09.